The maximum absolute atomic E-state index is 10.9. The predicted molar refractivity (Wildman–Crippen MR) is 78.6 cm³/mol. The van der Waals surface area contributed by atoms with E-state index in [-0.39, 0.29) is 0 Å². The van der Waals surface area contributed by atoms with Crippen molar-refractivity contribution < 1.29 is 5.11 Å². The highest BCUT2D eigenvalue weighted by atomic mass is 35.5. The Kier molecular flexibility index (Phi) is 4.57. The first-order chi connectivity index (χ1) is 9.01. The van der Waals surface area contributed by atoms with E-state index in [1.807, 2.05) is 4.68 Å². The van der Waals surface area contributed by atoms with Crippen molar-refractivity contribution in [3.8, 4) is 0 Å². The van der Waals surface area contributed by atoms with Gasteiger partial charge < -0.3 is 5.11 Å². The average molecular weight is 285 g/mol. The molecule has 1 aliphatic rings. The maximum atomic E-state index is 10.9. The zero-order valence-electron chi connectivity index (χ0n) is 12.2. The molecule has 0 spiro atoms. The Hall–Kier alpha value is -0.540. The van der Waals surface area contributed by atoms with Crippen LogP contribution >= 0.6 is 11.6 Å². The molecule has 4 heteroatoms. The van der Waals surface area contributed by atoms with Crippen LogP contribution in [-0.2, 0) is 19.4 Å². The van der Waals surface area contributed by atoms with Gasteiger partial charge in [0, 0.05) is 13.0 Å². The highest BCUT2D eigenvalue weighted by Crippen LogP contribution is 2.37. The minimum atomic E-state index is -0.611. The summed E-state index contributed by atoms with van der Waals surface area (Å²) in [5.41, 5.74) is 1.35. The van der Waals surface area contributed by atoms with Gasteiger partial charge in [0.25, 0.3) is 0 Å². The van der Waals surface area contributed by atoms with Crippen LogP contribution in [0.15, 0.2) is 0 Å². The molecule has 1 N–H and O–H groups in total. The summed E-state index contributed by atoms with van der Waals surface area (Å²) in [7, 11) is 0. The van der Waals surface area contributed by atoms with E-state index in [1.54, 1.807) is 0 Å². The number of hydrogen-bond acceptors (Lipinski definition) is 2. The molecule has 2 atom stereocenters. The zero-order valence-corrected chi connectivity index (χ0v) is 13.0. The van der Waals surface area contributed by atoms with Crippen molar-refractivity contribution in [3.63, 3.8) is 0 Å². The summed E-state index contributed by atoms with van der Waals surface area (Å²) in [6.07, 6.45) is 5.79. The van der Waals surface area contributed by atoms with Gasteiger partial charge in [0.2, 0.25) is 0 Å². The molecule has 1 aromatic heterocycles. The van der Waals surface area contributed by atoms with E-state index in [9.17, 15) is 5.11 Å². The van der Waals surface area contributed by atoms with Gasteiger partial charge in [0.15, 0.2) is 0 Å². The number of rotatable bonds is 4. The molecule has 19 heavy (non-hydrogen) atoms. The number of halogens is 1. The van der Waals surface area contributed by atoms with Crippen molar-refractivity contribution in [3.05, 3.63) is 16.4 Å². The van der Waals surface area contributed by atoms with E-state index in [1.165, 1.54) is 6.42 Å². The van der Waals surface area contributed by atoms with Crippen LogP contribution in [0.3, 0.4) is 0 Å². The second-order valence-electron chi connectivity index (χ2n) is 5.80. The zero-order chi connectivity index (χ0) is 14.0. The molecule has 0 aromatic carbocycles. The monoisotopic (exact) mass is 284 g/mol. The third-order valence-corrected chi connectivity index (χ3v) is 5.02. The molecule has 1 fully saturated rings. The van der Waals surface area contributed by atoms with Crippen molar-refractivity contribution in [2.24, 2.45) is 5.92 Å². The molecule has 1 aromatic rings. The lowest BCUT2D eigenvalue weighted by atomic mass is 9.74. The first kappa shape index (κ1) is 14.9. The summed E-state index contributed by atoms with van der Waals surface area (Å²) in [6.45, 7) is 7.09. The largest absolute Gasteiger partial charge is 0.389 e. The van der Waals surface area contributed by atoms with Gasteiger partial charge in [-0.2, -0.15) is 5.10 Å². The molecule has 0 aliphatic heterocycles. The molecular formula is C15H25ClN2O. The molecule has 0 saturated heterocycles. The third-order valence-electron chi connectivity index (χ3n) is 4.58. The minimum absolute atomic E-state index is 0.336. The summed E-state index contributed by atoms with van der Waals surface area (Å²) in [4.78, 5) is 0. The van der Waals surface area contributed by atoms with E-state index < -0.39 is 5.60 Å². The molecule has 3 nitrogen and oxygen atoms in total. The molecule has 1 saturated carbocycles. The van der Waals surface area contributed by atoms with E-state index in [4.69, 9.17) is 11.6 Å². The van der Waals surface area contributed by atoms with Gasteiger partial charge in [0.05, 0.1) is 22.0 Å². The standard InChI is InChI=1S/C15H25ClN2O/c1-4-12-14(16)13(18(5-2)17-12)10-15(19)9-7-6-8-11(15)3/h11,19H,4-10H2,1-3H3. The molecule has 2 unspecified atom stereocenters. The second kappa shape index (κ2) is 5.84. The lowest BCUT2D eigenvalue weighted by Crippen LogP contribution is -2.41. The number of aliphatic hydroxyl groups is 1. The highest BCUT2D eigenvalue weighted by Gasteiger charge is 2.37. The molecule has 0 bridgehead atoms. The van der Waals surface area contributed by atoms with E-state index in [2.05, 4.69) is 25.9 Å². The molecular weight excluding hydrogens is 260 g/mol. The van der Waals surface area contributed by atoms with Gasteiger partial charge in [-0.15, -0.1) is 0 Å². The minimum Gasteiger partial charge on any atom is -0.389 e. The van der Waals surface area contributed by atoms with Gasteiger partial charge in [-0.3, -0.25) is 4.68 Å². The van der Waals surface area contributed by atoms with E-state index in [0.717, 1.165) is 48.6 Å². The number of hydrogen-bond donors (Lipinski definition) is 1. The Labute approximate surface area is 121 Å². The topological polar surface area (TPSA) is 38.0 Å². The number of aryl methyl sites for hydroxylation is 2. The molecule has 1 heterocycles. The number of nitrogens with zero attached hydrogens (tertiary/aromatic N) is 2. The smallest absolute Gasteiger partial charge is 0.0850 e. The Morgan fingerprint density at radius 1 is 1.42 bits per heavy atom. The van der Waals surface area contributed by atoms with Gasteiger partial charge in [-0.05, 0) is 32.1 Å². The van der Waals surface area contributed by atoms with Crippen LogP contribution in [0.5, 0.6) is 0 Å². The molecule has 0 radical (unpaired) electrons. The summed E-state index contributed by atoms with van der Waals surface area (Å²) < 4.78 is 1.96. The Balaban J connectivity index is 2.29. The quantitative estimate of drug-likeness (QED) is 0.917. The van der Waals surface area contributed by atoms with E-state index in [0.29, 0.717) is 12.3 Å². The number of aromatic nitrogens is 2. The normalized spacial score (nSPS) is 27.7. The highest BCUT2D eigenvalue weighted by molar-refractivity contribution is 6.31. The lowest BCUT2D eigenvalue weighted by molar-refractivity contribution is -0.0419. The first-order valence-corrected chi connectivity index (χ1v) is 7.86. The molecule has 1 aliphatic carbocycles. The maximum Gasteiger partial charge on any atom is 0.0850 e. The van der Waals surface area contributed by atoms with Crippen molar-refractivity contribution in [2.75, 3.05) is 0 Å². The van der Waals surface area contributed by atoms with Crippen molar-refractivity contribution in [1.29, 1.82) is 0 Å². The van der Waals surface area contributed by atoms with Gasteiger partial charge in [-0.1, -0.05) is 38.3 Å². The molecule has 2 rings (SSSR count). The van der Waals surface area contributed by atoms with Crippen LogP contribution in [-0.4, -0.2) is 20.5 Å². The Morgan fingerprint density at radius 3 is 2.74 bits per heavy atom. The lowest BCUT2D eigenvalue weighted by Gasteiger charge is -2.38. The second-order valence-corrected chi connectivity index (χ2v) is 6.18. The van der Waals surface area contributed by atoms with Gasteiger partial charge in [0.1, 0.15) is 0 Å². The fourth-order valence-electron chi connectivity index (χ4n) is 3.14. The van der Waals surface area contributed by atoms with Crippen LogP contribution in [0.25, 0.3) is 0 Å². The van der Waals surface area contributed by atoms with Crippen LogP contribution in [0.4, 0.5) is 0 Å². The van der Waals surface area contributed by atoms with Crippen LogP contribution in [0, 0.1) is 5.92 Å². The van der Waals surface area contributed by atoms with Crippen molar-refractivity contribution in [2.45, 2.75) is 71.4 Å². The van der Waals surface area contributed by atoms with Crippen molar-refractivity contribution in [1.82, 2.24) is 9.78 Å². The van der Waals surface area contributed by atoms with Gasteiger partial charge >= 0.3 is 0 Å². The van der Waals surface area contributed by atoms with Crippen molar-refractivity contribution >= 4 is 11.6 Å². The Bertz CT molecular complexity index is 444. The summed E-state index contributed by atoms with van der Waals surface area (Å²) in [6, 6.07) is 0. The predicted octanol–water partition coefficient (Wildman–Crippen LogP) is 3.60. The summed E-state index contributed by atoms with van der Waals surface area (Å²) >= 11 is 6.44. The van der Waals surface area contributed by atoms with Gasteiger partial charge in [-0.25, -0.2) is 0 Å². The third kappa shape index (κ3) is 2.82. The fourth-order valence-corrected chi connectivity index (χ4v) is 3.47. The summed E-state index contributed by atoms with van der Waals surface area (Å²) in [5.74, 6) is 0.336. The van der Waals surface area contributed by atoms with Crippen LogP contribution < -0.4 is 0 Å². The Morgan fingerprint density at radius 2 is 2.16 bits per heavy atom. The first-order valence-electron chi connectivity index (χ1n) is 7.48. The molecule has 108 valence electrons. The van der Waals surface area contributed by atoms with Crippen LogP contribution in [0.1, 0.15) is 57.8 Å². The van der Waals surface area contributed by atoms with Crippen LogP contribution in [0.2, 0.25) is 5.02 Å². The molecule has 0 amide bonds. The summed E-state index contributed by atoms with van der Waals surface area (Å²) in [5, 5.41) is 16.2. The SMILES string of the molecule is CCc1nn(CC)c(CC2(O)CCCCC2C)c1Cl. The fraction of sp³-hybridized carbons (Fsp3) is 0.800. The average Bonchev–Trinajstić information content (AvgIpc) is 2.70. The van der Waals surface area contributed by atoms with E-state index >= 15 is 0 Å².